The molecule has 2 aromatic rings. The van der Waals surface area contributed by atoms with Crippen LogP contribution in [-0.4, -0.2) is 62.9 Å². The lowest BCUT2D eigenvalue weighted by molar-refractivity contribution is -0.857. The number of Topliss-reactive ketones (excluding diaryl/α,β-unsaturated/α-hetero) is 1. The number of non-ortho nitro benzene ring substituents is 1. The molecule has 1 saturated heterocycles. The highest BCUT2D eigenvalue weighted by atomic mass is 16.6. The van der Waals surface area contributed by atoms with Crippen LogP contribution in [-0.2, 0) is 9.59 Å². The molecule has 0 aliphatic carbocycles. The number of nitro groups is 1. The van der Waals surface area contributed by atoms with Gasteiger partial charge in [-0.2, -0.15) is 0 Å². The zero-order valence-corrected chi connectivity index (χ0v) is 18.8. The molecule has 0 bridgehead atoms. The molecule has 0 aromatic heterocycles. The number of benzene rings is 2. The molecule has 1 N–H and O–H groups in total. The van der Waals surface area contributed by atoms with Gasteiger partial charge in [0.1, 0.15) is 0 Å². The molecule has 1 aliphatic rings. The fourth-order valence-electron chi connectivity index (χ4n) is 3.73. The zero-order valence-electron chi connectivity index (χ0n) is 18.8. The quantitative estimate of drug-likeness (QED) is 0.195. The van der Waals surface area contributed by atoms with E-state index in [1.807, 2.05) is 14.1 Å². The van der Waals surface area contributed by atoms with E-state index < -0.39 is 28.4 Å². The summed E-state index contributed by atoms with van der Waals surface area (Å²) in [7, 11) is 6.66. The maximum atomic E-state index is 13.5. The Hall–Kier alpha value is -3.92. The van der Waals surface area contributed by atoms with Crippen molar-refractivity contribution < 1.29 is 34.0 Å². The van der Waals surface area contributed by atoms with Gasteiger partial charge in [0.05, 0.1) is 52.4 Å². The molecule has 0 spiro atoms. The Bertz CT molecular complexity index is 1130. The van der Waals surface area contributed by atoms with Gasteiger partial charge in [-0.15, -0.1) is 0 Å². The van der Waals surface area contributed by atoms with E-state index in [9.17, 15) is 24.8 Å². The first kappa shape index (κ1) is 23.7. The molecule has 0 radical (unpaired) electrons. The van der Waals surface area contributed by atoms with Crippen molar-refractivity contribution >= 4 is 23.1 Å². The van der Waals surface area contributed by atoms with E-state index in [-0.39, 0.29) is 23.4 Å². The van der Waals surface area contributed by atoms with Crippen LogP contribution >= 0.6 is 0 Å². The Morgan fingerprint density at radius 1 is 1.09 bits per heavy atom. The highest BCUT2D eigenvalue weighted by Gasteiger charge is 2.44. The number of nitrogens with zero attached hydrogens (tertiary/aromatic N) is 2. The first-order chi connectivity index (χ1) is 15.7. The molecular formula is C23H25N3O7. The minimum atomic E-state index is -1.04. The van der Waals surface area contributed by atoms with Gasteiger partial charge >= 0.3 is 0 Å². The number of hydrogen-bond acceptors (Lipinski definition) is 7. The Morgan fingerprint density at radius 3 is 2.39 bits per heavy atom. The van der Waals surface area contributed by atoms with E-state index in [4.69, 9.17) is 9.47 Å². The molecule has 1 aliphatic heterocycles. The number of carbonyl (C=O) groups excluding carboxylic acids is 2. The number of ether oxygens (including phenoxy) is 2. The summed E-state index contributed by atoms with van der Waals surface area (Å²) in [5, 5.41) is 24.8. The number of nitrogens with one attached hydrogen (secondary N) is 1. The lowest BCUT2D eigenvalue weighted by Crippen LogP contribution is -3.06. The number of carbonyl (C=O) groups is 2. The summed E-state index contributed by atoms with van der Waals surface area (Å²) in [6.07, 6.45) is 0. The van der Waals surface area contributed by atoms with E-state index >= 15 is 0 Å². The maximum Gasteiger partial charge on any atom is 0.295 e. The largest absolute Gasteiger partial charge is 0.872 e. The molecular weight excluding hydrogens is 430 g/mol. The Kier molecular flexibility index (Phi) is 6.98. The van der Waals surface area contributed by atoms with Crippen molar-refractivity contribution in [3.63, 3.8) is 0 Å². The normalized spacial score (nSPS) is 17.5. The Balaban J connectivity index is 2.20. The molecule has 0 saturated carbocycles. The smallest absolute Gasteiger partial charge is 0.295 e. The summed E-state index contributed by atoms with van der Waals surface area (Å²) in [5.41, 5.74) is 0.0113. The van der Waals surface area contributed by atoms with Gasteiger partial charge in [-0.05, 0) is 23.3 Å². The van der Waals surface area contributed by atoms with Gasteiger partial charge in [0.25, 0.3) is 11.6 Å². The molecule has 3 rings (SSSR count). The van der Waals surface area contributed by atoms with E-state index in [0.29, 0.717) is 23.6 Å². The predicted molar refractivity (Wildman–Crippen MR) is 117 cm³/mol. The van der Waals surface area contributed by atoms with Crippen LogP contribution in [0.15, 0.2) is 48.0 Å². The van der Waals surface area contributed by atoms with Crippen LogP contribution in [0.3, 0.4) is 0 Å². The second-order valence-corrected chi connectivity index (χ2v) is 7.85. The predicted octanol–water partition coefficient (Wildman–Crippen LogP) is -0.0195. The number of nitro benzene ring substituents is 1. The molecule has 33 heavy (non-hydrogen) atoms. The van der Waals surface area contributed by atoms with Crippen LogP contribution in [0.4, 0.5) is 5.69 Å². The van der Waals surface area contributed by atoms with Crippen molar-refractivity contribution in [1.29, 1.82) is 0 Å². The van der Waals surface area contributed by atoms with Gasteiger partial charge in [-0.25, -0.2) is 0 Å². The number of likely N-dealkylation sites (tertiary alicyclic amines) is 1. The van der Waals surface area contributed by atoms with Crippen LogP contribution in [0.2, 0.25) is 0 Å². The van der Waals surface area contributed by atoms with Crippen molar-refractivity contribution in [2.45, 2.75) is 6.04 Å². The van der Waals surface area contributed by atoms with E-state index in [2.05, 4.69) is 0 Å². The Labute approximate surface area is 190 Å². The fraction of sp³-hybridized carbons (Fsp3) is 0.304. The number of likely N-dealkylation sites (N-methyl/N-ethyl adjacent to an activating group) is 1. The van der Waals surface area contributed by atoms with Crippen molar-refractivity contribution in [1.82, 2.24) is 4.90 Å². The molecule has 10 heteroatoms. The summed E-state index contributed by atoms with van der Waals surface area (Å²) >= 11 is 0. The van der Waals surface area contributed by atoms with E-state index in [1.54, 1.807) is 6.07 Å². The zero-order chi connectivity index (χ0) is 24.3. The minimum absolute atomic E-state index is 0.138. The monoisotopic (exact) mass is 455 g/mol. The van der Waals surface area contributed by atoms with Crippen molar-refractivity contribution in [2.75, 3.05) is 41.4 Å². The van der Waals surface area contributed by atoms with Crippen LogP contribution < -0.4 is 19.5 Å². The van der Waals surface area contributed by atoms with Crippen molar-refractivity contribution in [3.8, 4) is 11.5 Å². The van der Waals surface area contributed by atoms with Crippen LogP contribution in [0.1, 0.15) is 17.2 Å². The number of quaternary nitrogens is 1. The van der Waals surface area contributed by atoms with Gasteiger partial charge in [0.2, 0.25) is 5.78 Å². The number of rotatable bonds is 8. The number of amides is 1. The molecule has 1 amide bonds. The molecule has 10 nitrogen and oxygen atoms in total. The molecule has 1 unspecified atom stereocenters. The average molecular weight is 455 g/mol. The lowest BCUT2D eigenvalue weighted by Gasteiger charge is -2.27. The minimum Gasteiger partial charge on any atom is -0.872 e. The van der Waals surface area contributed by atoms with Crippen LogP contribution in [0.25, 0.3) is 5.76 Å². The van der Waals surface area contributed by atoms with Gasteiger partial charge in [-0.3, -0.25) is 19.7 Å². The molecule has 1 fully saturated rings. The highest BCUT2D eigenvalue weighted by Crippen LogP contribution is 2.40. The third kappa shape index (κ3) is 4.65. The second-order valence-electron chi connectivity index (χ2n) is 7.85. The standard InChI is InChI=1S/C23H25N3O7/c1-24(2)10-11-25-20(14-6-5-7-16(12-14)26(30)31)19(22(28)23(25)29)21(27)15-8-9-17(32-3)18(13-15)33-4/h5-9,12-13,20,27H,10-11H2,1-4H3. The van der Waals surface area contributed by atoms with Crippen LogP contribution in [0.5, 0.6) is 11.5 Å². The average Bonchev–Trinajstić information content (AvgIpc) is 3.06. The number of hydrogen-bond donors (Lipinski definition) is 1. The summed E-state index contributed by atoms with van der Waals surface area (Å²) in [4.78, 5) is 39.0. The SMILES string of the molecule is COc1ccc(C([O-])=C2C(=O)C(=O)N(CC[NH+](C)C)C2c2cccc([N+](=O)[O-])c2)cc1OC. The first-order valence-electron chi connectivity index (χ1n) is 10.2. The van der Waals surface area contributed by atoms with Gasteiger partial charge in [0, 0.05) is 17.7 Å². The van der Waals surface area contributed by atoms with Crippen molar-refractivity contribution in [3.05, 3.63) is 69.3 Å². The highest BCUT2D eigenvalue weighted by molar-refractivity contribution is 6.46. The summed E-state index contributed by atoms with van der Waals surface area (Å²) in [5.74, 6) is -1.68. The summed E-state index contributed by atoms with van der Waals surface area (Å²) in [6, 6.07) is 9.04. The summed E-state index contributed by atoms with van der Waals surface area (Å²) < 4.78 is 10.4. The number of methoxy groups -OCH3 is 2. The second kappa shape index (κ2) is 9.70. The van der Waals surface area contributed by atoms with E-state index in [1.165, 1.54) is 55.5 Å². The third-order valence-electron chi connectivity index (χ3n) is 5.42. The maximum absolute atomic E-state index is 13.5. The fourth-order valence-corrected chi connectivity index (χ4v) is 3.73. The van der Waals surface area contributed by atoms with E-state index in [0.717, 1.165) is 4.90 Å². The number of ketones is 1. The van der Waals surface area contributed by atoms with Crippen molar-refractivity contribution in [2.24, 2.45) is 0 Å². The summed E-state index contributed by atoms with van der Waals surface area (Å²) in [6.45, 7) is 0.714. The van der Waals surface area contributed by atoms with Gasteiger partial charge in [0.15, 0.2) is 11.5 Å². The van der Waals surface area contributed by atoms with Crippen LogP contribution in [0, 0.1) is 10.1 Å². The molecule has 1 atom stereocenters. The molecule has 2 aromatic carbocycles. The Morgan fingerprint density at radius 2 is 1.79 bits per heavy atom. The lowest BCUT2D eigenvalue weighted by atomic mass is 9.95. The van der Waals surface area contributed by atoms with Gasteiger partial charge < -0.3 is 24.4 Å². The first-order valence-corrected chi connectivity index (χ1v) is 10.2. The molecule has 1 heterocycles. The third-order valence-corrected chi connectivity index (χ3v) is 5.42. The molecule has 174 valence electrons. The van der Waals surface area contributed by atoms with Gasteiger partial charge in [-0.1, -0.05) is 24.0 Å². The topological polar surface area (TPSA) is 126 Å².